The normalized spacial score (nSPS) is 9.85. The van der Waals surface area contributed by atoms with Gasteiger partial charge in [-0.05, 0) is 31.5 Å². The highest BCUT2D eigenvalue weighted by atomic mass is 16.6. The van der Waals surface area contributed by atoms with Crippen LogP contribution >= 0.6 is 0 Å². The Balaban J connectivity index is 2.53. The number of rotatable bonds is 3. The minimum Gasteiger partial charge on any atom is -0.430 e. The van der Waals surface area contributed by atoms with E-state index in [9.17, 15) is 10.1 Å². The van der Waals surface area contributed by atoms with Gasteiger partial charge in [0.05, 0.1) is 4.92 Å². The van der Waals surface area contributed by atoms with Gasteiger partial charge >= 0.3 is 5.69 Å². The maximum absolute atomic E-state index is 11.0. The van der Waals surface area contributed by atoms with Crippen LogP contribution in [0.1, 0.15) is 16.8 Å². The van der Waals surface area contributed by atoms with Crippen molar-refractivity contribution < 1.29 is 9.66 Å². The summed E-state index contributed by atoms with van der Waals surface area (Å²) in [4.78, 5) is 14.6. The third-order valence-corrected chi connectivity index (χ3v) is 2.71. The average Bonchev–Trinajstić information content (AvgIpc) is 2.41. The van der Waals surface area contributed by atoms with Crippen LogP contribution in [0.25, 0.3) is 0 Å². The minimum absolute atomic E-state index is 0.0740. The molecule has 0 unspecified atom stereocenters. The molecule has 0 N–H and O–H groups in total. The first-order valence-corrected chi connectivity index (χ1v) is 5.82. The molecular weight excluding hydrogens is 258 g/mol. The Labute approximate surface area is 115 Å². The molecule has 6 heteroatoms. The third-order valence-electron chi connectivity index (χ3n) is 2.71. The number of hydrogen-bond acceptors (Lipinski definition) is 5. The van der Waals surface area contributed by atoms with Crippen LogP contribution in [0.3, 0.4) is 0 Å². The molecule has 2 aromatic rings. The maximum Gasteiger partial charge on any atom is 0.311 e. The van der Waals surface area contributed by atoms with Gasteiger partial charge in [0, 0.05) is 11.8 Å². The predicted molar refractivity (Wildman–Crippen MR) is 71.6 cm³/mol. The van der Waals surface area contributed by atoms with E-state index in [-0.39, 0.29) is 22.9 Å². The van der Waals surface area contributed by atoms with Gasteiger partial charge in [0.2, 0.25) is 11.6 Å². The van der Waals surface area contributed by atoms with Crippen molar-refractivity contribution in [1.82, 2.24) is 4.98 Å². The summed E-state index contributed by atoms with van der Waals surface area (Å²) in [6, 6.07) is 9.83. The molecule has 0 saturated heterocycles. The molecule has 1 aromatic heterocycles. The average molecular weight is 269 g/mol. The van der Waals surface area contributed by atoms with Crippen LogP contribution in [0.15, 0.2) is 30.3 Å². The van der Waals surface area contributed by atoms with E-state index in [1.807, 2.05) is 6.07 Å². The Morgan fingerprint density at radius 1 is 1.30 bits per heavy atom. The lowest BCUT2D eigenvalue weighted by Crippen LogP contribution is -1.99. The van der Waals surface area contributed by atoms with E-state index >= 15 is 0 Å². The standard InChI is InChI=1S/C14H11N3O3/c1-9-4-3-5-12(17(18)19)13(9)20-14-11(8-15)7-6-10(2)16-14/h3-7H,1-2H3. The molecule has 0 bridgehead atoms. The highest BCUT2D eigenvalue weighted by Crippen LogP contribution is 2.34. The summed E-state index contributed by atoms with van der Waals surface area (Å²) in [6.07, 6.45) is 0. The Morgan fingerprint density at radius 3 is 2.70 bits per heavy atom. The number of nitriles is 1. The summed E-state index contributed by atoms with van der Waals surface area (Å²) in [5, 5.41) is 20.1. The fourth-order valence-corrected chi connectivity index (χ4v) is 1.71. The van der Waals surface area contributed by atoms with Crippen LogP contribution in [0, 0.1) is 35.3 Å². The van der Waals surface area contributed by atoms with Crippen LogP contribution in [0.2, 0.25) is 0 Å². The van der Waals surface area contributed by atoms with E-state index < -0.39 is 4.92 Å². The Morgan fingerprint density at radius 2 is 2.05 bits per heavy atom. The summed E-state index contributed by atoms with van der Waals surface area (Å²) in [5.41, 5.74) is 1.34. The molecule has 0 aliphatic carbocycles. The zero-order valence-corrected chi connectivity index (χ0v) is 11.0. The van der Waals surface area contributed by atoms with Crippen molar-refractivity contribution in [3.63, 3.8) is 0 Å². The SMILES string of the molecule is Cc1ccc(C#N)c(Oc2c(C)cccc2[N+](=O)[O-])n1. The van der Waals surface area contributed by atoms with Crippen molar-refractivity contribution in [3.8, 4) is 17.7 Å². The number of aromatic nitrogens is 1. The van der Waals surface area contributed by atoms with Gasteiger partial charge < -0.3 is 4.74 Å². The first-order chi connectivity index (χ1) is 9.52. The molecule has 0 spiro atoms. The number of pyridine rings is 1. The van der Waals surface area contributed by atoms with Crippen LogP contribution in [0.4, 0.5) is 5.69 Å². The van der Waals surface area contributed by atoms with E-state index in [4.69, 9.17) is 10.00 Å². The highest BCUT2D eigenvalue weighted by Gasteiger charge is 2.19. The van der Waals surface area contributed by atoms with Crippen LogP contribution in [-0.2, 0) is 0 Å². The minimum atomic E-state index is -0.524. The quantitative estimate of drug-likeness (QED) is 0.630. The topological polar surface area (TPSA) is 89.0 Å². The van der Waals surface area contributed by atoms with E-state index in [2.05, 4.69) is 4.98 Å². The predicted octanol–water partition coefficient (Wildman–Crippen LogP) is 3.27. The summed E-state index contributed by atoms with van der Waals surface area (Å²) < 4.78 is 5.53. The first kappa shape index (κ1) is 13.5. The van der Waals surface area contributed by atoms with Crippen molar-refractivity contribution >= 4 is 5.69 Å². The van der Waals surface area contributed by atoms with Gasteiger partial charge in [-0.1, -0.05) is 12.1 Å². The smallest absolute Gasteiger partial charge is 0.311 e. The number of ether oxygens (including phenoxy) is 1. The lowest BCUT2D eigenvalue weighted by atomic mass is 10.2. The zero-order valence-electron chi connectivity index (χ0n) is 11.0. The molecule has 0 saturated carbocycles. The van der Waals surface area contributed by atoms with Gasteiger partial charge in [-0.2, -0.15) is 5.26 Å². The van der Waals surface area contributed by atoms with Crippen molar-refractivity contribution in [2.45, 2.75) is 13.8 Å². The number of nitro benzene ring substituents is 1. The number of hydrogen-bond donors (Lipinski definition) is 0. The lowest BCUT2D eigenvalue weighted by Gasteiger charge is -2.09. The summed E-state index contributed by atoms with van der Waals surface area (Å²) in [5.74, 6) is 0.178. The number of benzene rings is 1. The summed E-state index contributed by atoms with van der Waals surface area (Å²) in [7, 11) is 0. The highest BCUT2D eigenvalue weighted by molar-refractivity contribution is 5.54. The van der Waals surface area contributed by atoms with Gasteiger partial charge in [-0.3, -0.25) is 10.1 Å². The summed E-state index contributed by atoms with van der Waals surface area (Å²) in [6.45, 7) is 3.45. The molecule has 1 aromatic carbocycles. The van der Waals surface area contributed by atoms with Crippen LogP contribution < -0.4 is 4.74 Å². The maximum atomic E-state index is 11.0. The van der Waals surface area contributed by atoms with Crippen molar-refractivity contribution in [3.05, 3.63) is 57.3 Å². The molecule has 0 aliphatic rings. The molecule has 0 atom stereocenters. The molecule has 0 fully saturated rings. The molecule has 0 aliphatic heterocycles. The second-order valence-electron chi connectivity index (χ2n) is 4.20. The zero-order chi connectivity index (χ0) is 14.7. The third kappa shape index (κ3) is 2.57. The van der Waals surface area contributed by atoms with E-state index in [1.165, 1.54) is 6.07 Å². The largest absolute Gasteiger partial charge is 0.430 e. The summed E-state index contributed by atoms with van der Waals surface area (Å²) >= 11 is 0. The lowest BCUT2D eigenvalue weighted by molar-refractivity contribution is -0.385. The van der Waals surface area contributed by atoms with Gasteiger partial charge in [0.25, 0.3) is 0 Å². The molecule has 2 rings (SSSR count). The molecule has 0 radical (unpaired) electrons. The van der Waals surface area contributed by atoms with Gasteiger partial charge in [0.1, 0.15) is 11.6 Å². The molecule has 0 amide bonds. The Bertz CT molecular complexity index is 720. The number of nitro groups is 1. The van der Waals surface area contributed by atoms with E-state index in [1.54, 1.807) is 38.1 Å². The van der Waals surface area contributed by atoms with Gasteiger partial charge in [-0.15, -0.1) is 0 Å². The fourth-order valence-electron chi connectivity index (χ4n) is 1.71. The van der Waals surface area contributed by atoms with Crippen molar-refractivity contribution in [2.24, 2.45) is 0 Å². The molecule has 1 heterocycles. The van der Waals surface area contributed by atoms with Crippen LogP contribution in [0.5, 0.6) is 11.6 Å². The Kier molecular flexibility index (Phi) is 3.62. The first-order valence-electron chi connectivity index (χ1n) is 5.82. The van der Waals surface area contributed by atoms with E-state index in [0.29, 0.717) is 11.3 Å². The molecule has 100 valence electrons. The molecular formula is C14H11N3O3. The Hall–Kier alpha value is -2.94. The fraction of sp³-hybridized carbons (Fsp3) is 0.143. The second-order valence-corrected chi connectivity index (χ2v) is 4.20. The monoisotopic (exact) mass is 269 g/mol. The van der Waals surface area contributed by atoms with Crippen molar-refractivity contribution in [2.75, 3.05) is 0 Å². The molecule has 6 nitrogen and oxygen atoms in total. The van der Waals surface area contributed by atoms with Crippen molar-refractivity contribution in [1.29, 1.82) is 5.26 Å². The second kappa shape index (κ2) is 5.36. The van der Waals surface area contributed by atoms with Gasteiger partial charge in [-0.25, -0.2) is 4.98 Å². The van der Waals surface area contributed by atoms with Crippen LogP contribution in [-0.4, -0.2) is 9.91 Å². The number of nitrogens with zero attached hydrogens (tertiary/aromatic N) is 3. The number of aryl methyl sites for hydroxylation is 2. The van der Waals surface area contributed by atoms with E-state index in [0.717, 1.165) is 0 Å². The number of para-hydroxylation sites is 1. The van der Waals surface area contributed by atoms with Gasteiger partial charge in [0.15, 0.2) is 0 Å². The molecule has 20 heavy (non-hydrogen) atoms.